The minimum absolute atomic E-state index is 0.759. The Hall–Kier alpha value is -0.120. The molecule has 3 nitrogen and oxygen atoms in total. The van der Waals surface area contributed by atoms with Gasteiger partial charge in [0.15, 0.2) is 0 Å². The summed E-state index contributed by atoms with van der Waals surface area (Å²) in [6.45, 7) is 7.95. The first kappa shape index (κ1) is 12.3. The van der Waals surface area contributed by atoms with Crippen molar-refractivity contribution in [1.29, 1.82) is 0 Å². The third-order valence-electron chi connectivity index (χ3n) is 3.75. The number of hydrogen-bond donors (Lipinski definition) is 1. The van der Waals surface area contributed by atoms with Crippen LogP contribution >= 0.6 is 0 Å². The Kier molecular flexibility index (Phi) is 5.59. The van der Waals surface area contributed by atoms with E-state index < -0.39 is 0 Å². The second-order valence-electron chi connectivity index (χ2n) is 5.19. The van der Waals surface area contributed by atoms with Gasteiger partial charge in [0.05, 0.1) is 13.2 Å². The molecule has 2 rings (SSSR count). The number of hydrogen-bond acceptors (Lipinski definition) is 3. The molecule has 0 saturated carbocycles. The highest BCUT2D eigenvalue weighted by Crippen LogP contribution is 2.11. The zero-order valence-corrected chi connectivity index (χ0v) is 10.4. The molecule has 16 heavy (non-hydrogen) atoms. The summed E-state index contributed by atoms with van der Waals surface area (Å²) < 4.78 is 5.79. The Morgan fingerprint density at radius 2 is 2.00 bits per heavy atom. The smallest absolute Gasteiger partial charge is 0.0593 e. The van der Waals surface area contributed by atoms with E-state index in [-0.39, 0.29) is 0 Å². The average molecular weight is 226 g/mol. The summed E-state index contributed by atoms with van der Waals surface area (Å²) in [4.78, 5) is 2.54. The quantitative estimate of drug-likeness (QED) is 0.719. The fraction of sp³-hybridized carbons (Fsp3) is 1.00. The molecule has 2 aliphatic heterocycles. The highest BCUT2D eigenvalue weighted by atomic mass is 16.5. The number of likely N-dealkylation sites (tertiary alicyclic amines) is 1. The van der Waals surface area contributed by atoms with E-state index in [0.29, 0.717) is 0 Å². The van der Waals surface area contributed by atoms with Crippen molar-refractivity contribution in [1.82, 2.24) is 10.2 Å². The molecule has 0 bridgehead atoms. The van der Waals surface area contributed by atoms with Gasteiger partial charge in [-0.1, -0.05) is 6.42 Å². The molecule has 2 fully saturated rings. The summed E-state index contributed by atoms with van der Waals surface area (Å²) in [7, 11) is 0. The number of ether oxygens (including phenoxy) is 1. The molecule has 0 spiro atoms. The first-order valence-corrected chi connectivity index (χ1v) is 6.96. The van der Waals surface area contributed by atoms with Crippen LogP contribution in [0.25, 0.3) is 0 Å². The third kappa shape index (κ3) is 4.40. The summed E-state index contributed by atoms with van der Waals surface area (Å²) in [5.41, 5.74) is 0. The summed E-state index contributed by atoms with van der Waals surface area (Å²) in [5, 5.41) is 3.43. The summed E-state index contributed by atoms with van der Waals surface area (Å²) in [6, 6.07) is 0. The predicted molar refractivity (Wildman–Crippen MR) is 66.7 cm³/mol. The van der Waals surface area contributed by atoms with E-state index in [9.17, 15) is 0 Å². The van der Waals surface area contributed by atoms with Crippen LogP contribution in [0.5, 0.6) is 0 Å². The Morgan fingerprint density at radius 1 is 1.12 bits per heavy atom. The zero-order valence-electron chi connectivity index (χ0n) is 10.4. The lowest BCUT2D eigenvalue weighted by molar-refractivity contribution is 0.0663. The molecule has 2 heterocycles. The van der Waals surface area contributed by atoms with Gasteiger partial charge in [-0.25, -0.2) is 0 Å². The fourth-order valence-electron chi connectivity index (χ4n) is 2.69. The van der Waals surface area contributed by atoms with Gasteiger partial charge in [-0.3, -0.25) is 0 Å². The van der Waals surface area contributed by atoms with Crippen LogP contribution in [0.1, 0.15) is 32.1 Å². The van der Waals surface area contributed by atoms with Crippen LogP contribution in [0.2, 0.25) is 0 Å². The topological polar surface area (TPSA) is 24.5 Å². The third-order valence-corrected chi connectivity index (χ3v) is 3.75. The van der Waals surface area contributed by atoms with Crippen molar-refractivity contribution in [3.05, 3.63) is 0 Å². The van der Waals surface area contributed by atoms with E-state index in [0.717, 1.165) is 32.2 Å². The molecule has 0 aliphatic carbocycles. The molecule has 2 saturated heterocycles. The van der Waals surface area contributed by atoms with E-state index in [2.05, 4.69) is 10.2 Å². The van der Waals surface area contributed by atoms with Gasteiger partial charge in [0.25, 0.3) is 0 Å². The maximum atomic E-state index is 5.79. The molecular weight excluding hydrogens is 200 g/mol. The van der Waals surface area contributed by atoms with Gasteiger partial charge in [0.2, 0.25) is 0 Å². The molecule has 3 heteroatoms. The normalized spacial score (nSPS) is 28.1. The Bertz CT molecular complexity index is 155. The first-order chi connectivity index (χ1) is 7.95. The van der Waals surface area contributed by atoms with Crippen molar-refractivity contribution in [2.45, 2.75) is 32.1 Å². The van der Waals surface area contributed by atoms with Crippen LogP contribution in [0, 0.1) is 5.92 Å². The van der Waals surface area contributed by atoms with E-state index in [4.69, 9.17) is 4.74 Å². The molecular formula is C13H26N2O. The van der Waals surface area contributed by atoms with Crippen LogP contribution in [-0.4, -0.2) is 50.8 Å². The Morgan fingerprint density at radius 3 is 2.75 bits per heavy atom. The predicted octanol–water partition coefficient (Wildman–Crippen LogP) is 1.49. The summed E-state index contributed by atoms with van der Waals surface area (Å²) in [6.07, 6.45) is 6.85. The minimum atomic E-state index is 0.759. The maximum absolute atomic E-state index is 5.79. The molecule has 2 aliphatic rings. The first-order valence-electron chi connectivity index (χ1n) is 6.96. The van der Waals surface area contributed by atoms with Gasteiger partial charge in [-0.2, -0.15) is 0 Å². The van der Waals surface area contributed by atoms with Crippen molar-refractivity contribution in [3.63, 3.8) is 0 Å². The van der Waals surface area contributed by atoms with Crippen molar-refractivity contribution in [2.75, 3.05) is 45.9 Å². The van der Waals surface area contributed by atoms with E-state index in [1.807, 2.05) is 0 Å². The van der Waals surface area contributed by atoms with Gasteiger partial charge < -0.3 is 15.0 Å². The van der Waals surface area contributed by atoms with Crippen LogP contribution < -0.4 is 5.32 Å². The zero-order chi connectivity index (χ0) is 11.1. The largest absolute Gasteiger partial charge is 0.380 e. The van der Waals surface area contributed by atoms with Gasteiger partial charge >= 0.3 is 0 Å². The molecule has 94 valence electrons. The van der Waals surface area contributed by atoms with Gasteiger partial charge in [0.1, 0.15) is 0 Å². The van der Waals surface area contributed by atoms with Crippen LogP contribution in [0.4, 0.5) is 0 Å². The monoisotopic (exact) mass is 226 g/mol. The number of rotatable bonds is 5. The molecule has 1 atom stereocenters. The highest BCUT2D eigenvalue weighted by molar-refractivity contribution is 4.68. The van der Waals surface area contributed by atoms with Gasteiger partial charge in [0, 0.05) is 13.1 Å². The van der Waals surface area contributed by atoms with Crippen LogP contribution in [0.15, 0.2) is 0 Å². The Labute approximate surface area is 99.5 Å². The maximum Gasteiger partial charge on any atom is 0.0593 e. The molecule has 0 aromatic carbocycles. The highest BCUT2D eigenvalue weighted by Gasteiger charge is 2.13. The second-order valence-corrected chi connectivity index (χ2v) is 5.19. The average Bonchev–Trinajstić information content (AvgIpc) is 2.37. The molecule has 0 radical (unpaired) electrons. The summed E-state index contributed by atoms with van der Waals surface area (Å²) >= 11 is 0. The van der Waals surface area contributed by atoms with E-state index >= 15 is 0 Å². The molecule has 1 unspecified atom stereocenters. The SMILES string of the molecule is C1CCN(CCOCC2CCCNC2)CC1. The lowest BCUT2D eigenvalue weighted by Gasteiger charge is -2.27. The standard InChI is InChI=1S/C13H26N2O/c1-2-7-15(8-3-1)9-10-16-12-13-5-4-6-14-11-13/h13-14H,1-12H2. The van der Waals surface area contributed by atoms with Crippen molar-refractivity contribution < 1.29 is 4.74 Å². The van der Waals surface area contributed by atoms with Crippen LogP contribution in [0.3, 0.4) is 0 Å². The molecule has 1 N–H and O–H groups in total. The molecule has 0 aromatic rings. The van der Waals surface area contributed by atoms with Crippen molar-refractivity contribution >= 4 is 0 Å². The number of piperidine rings is 2. The van der Waals surface area contributed by atoms with Gasteiger partial charge in [-0.15, -0.1) is 0 Å². The minimum Gasteiger partial charge on any atom is -0.380 e. The van der Waals surface area contributed by atoms with E-state index in [1.54, 1.807) is 0 Å². The Balaban J connectivity index is 1.47. The fourth-order valence-corrected chi connectivity index (χ4v) is 2.69. The van der Waals surface area contributed by atoms with Crippen molar-refractivity contribution in [2.24, 2.45) is 5.92 Å². The van der Waals surface area contributed by atoms with E-state index in [1.165, 1.54) is 51.7 Å². The number of nitrogens with one attached hydrogen (secondary N) is 1. The van der Waals surface area contributed by atoms with Crippen molar-refractivity contribution in [3.8, 4) is 0 Å². The number of nitrogens with zero attached hydrogens (tertiary/aromatic N) is 1. The second kappa shape index (κ2) is 7.25. The van der Waals surface area contributed by atoms with Crippen LogP contribution in [-0.2, 0) is 4.74 Å². The van der Waals surface area contributed by atoms with Gasteiger partial charge in [-0.05, 0) is 51.2 Å². The lowest BCUT2D eigenvalue weighted by Crippen LogP contribution is -2.35. The lowest BCUT2D eigenvalue weighted by atomic mass is 10.0. The molecule has 0 amide bonds. The summed E-state index contributed by atoms with van der Waals surface area (Å²) in [5.74, 6) is 0.759. The molecule has 0 aromatic heterocycles.